The van der Waals surface area contributed by atoms with E-state index in [0.29, 0.717) is 17.6 Å². The van der Waals surface area contributed by atoms with Crippen molar-refractivity contribution in [2.45, 2.75) is 20.5 Å². The van der Waals surface area contributed by atoms with E-state index in [1.165, 1.54) is 0 Å². The Morgan fingerprint density at radius 1 is 1.10 bits per heavy atom. The molecular weight excluding hydrogens is 276 g/mol. The lowest BCUT2D eigenvalue weighted by Gasteiger charge is -2.13. The monoisotopic (exact) mass is 292 g/mol. The molecule has 4 nitrogen and oxygen atoms in total. The summed E-state index contributed by atoms with van der Waals surface area (Å²) in [6.45, 7) is 4.38. The number of hydrogen-bond donors (Lipinski definition) is 0. The Bertz CT molecular complexity index is 630. The third-order valence-electron chi connectivity index (χ3n) is 2.93. The maximum Gasteiger partial charge on any atom is 0.156 e. The summed E-state index contributed by atoms with van der Waals surface area (Å²) in [5.41, 5.74) is 3.89. The van der Waals surface area contributed by atoms with E-state index in [-0.39, 0.29) is 0 Å². The first-order valence-electron chi connectivity index (χ1n) is 6.23. The van der Waals surface area contributed by atoms with Crippen LogP contribution in [-0.4, -0.2) is 24.2 Å². The number of aryl methyl sites for hydroxylation is 2. The van der Waals surface area contributed by atoms with Crippen molar-refractivity contribution in [3.05, 3.63) is 40.3 Å². The summed E-state index contributed by atoms with van der Waals surface area (Å²) in [7, 11) is 3.25. The molecule has 106 valence electrons. The van der Waals surface area contributed by atoms with Gasteiger partial charge in [0.15, 0.2) is 5.82 Å². The van der Waals surface area contributed by atoms with Gasteiger partial charge in [-0.05, 0) is 31.0 Å². The van der Waals surface area contributed by atoms with Crippen molar-refractivity contribution in [2.24, 2.45) is 0 Å². The Morgan fingerprint density at radius 3 is 2.50 bits per heavy atom. The Labute approximate surface area is 123 Å². The molecule has 0 spiro atoms. The number of methoxy groups -OCH3 is 2. The third-order valence-corrected chi connectivity index (χ3v) is 3.13. The normalized spacial score (nSPS) is 10.7. The average molecular weight is 293 g/mol. The second-order valence-electron chi connectivity index (χ2n) is 4.58. The molecule has 0 unspecified atom stereocenters. The van der Waals surface area contributed by atoms with Crippen LogP contribution in [0.3, 0.4) is 0 Å². The van der Waals surface area contributed by atoms with E-state index in [4.69, 9.17) is 21.1 Å². The lowest BCUT2D eigenvalue weighted by atomic mass is 10.0. The second-order valence-corrected chi connectivity index (χ2v) is 4.97. The molecular formula is C15H17ClN2O2. The number of hydrogen-bond acceptors (Lipinski definition) is 4. The molecule has 5 heteroatoms. The van der Waals surface area contributed by atoms with E-state index >= 15 is 0 Å². The quantitative estimate of drug-likeness (QED) is 0.808. The summed E-state index contributed by atoms with van der Waals surface area (Å²) in [6.07, 6.45) is 0. The van der Waals surface area contributed by atoms with Gasteiger partial charge >= 0.3 is 0 Å². The number of nitrogens with zero attached hydrogens (tertiary/aromatic N) is 2. The van der Waals surface area contributed by atoms with E-state index < -0.39 is 0 Å². The van der Waals surface area contributed by atoms with Crippen LogP contribution in [0.2, 0.25) is 5.15 Å². The molecule has 0 saturated carbocycles. The second kappa shape index (κ2) is 6.20. The molecule has 0 atom stereocenters. The van der Waals surface area contributed by atoms with E-state index in [2.05, 4.69) is 16.0 Å². The molecule has 1 aromatic carbocycles. The highest BCUT2D eigenvalue weighted by Gasteiger charge is 2.14. The van der Waals surface area contributed by atoms with Gasteiger partial charge < -0.3 is 9.47 Å². The van der Waals surface area contributed by atoms with Crippen LogP contribution >= 0.6 is 11.6 Å². The van der Waals surface area contributed by atoms with E-state index in [1.54, 1.807) is 20.3 Å². The van der Waals surface area contributed by atoms with Crippen molar-refractivity contribution in [1.82, 2.24) is 9.97 Å². The van der Waals surface area contributed by atoms with Crippen LogP contribution in [0, 0.1) is 13.8 Å². The number of rotatable bonds is 4. The molecule has 0 N–H and O–H groups in total. The molecule has 0 aliphatic heterocycles. The smallest absolute Gasteiger partial charge is 0.156 e. The lowest BCUT2D eigenvalue weighted by molar-refractivity contribution is 0.178. The molecule has 0 aliphatic carbocycles. The standard InChI is InChI=1S/C15H17ClN2O2/c1-9-5-10(2)15(12(6-9)20-4)11-7-13(16)18-14(17-11)8-19-3/h5-7H,8H2,1-4H3. The molecule has 0 fully saturated rings. The lowest BCUT2D eigenvalue weighted by Crippen LogP contribution is -2.01. The largest absolute Gasteiger partial charge is 0.496 e. The first-order valence-corrected chi connectivity index (χ1v) is 6.61. The van der Waals surface area contributed by atoms with Crippen molar-refractivity contribution >= 4 is 11.6 Å². The van der Waals surface area contributed by atoms with E-state index in [0.717, 1.165) is 28.1 Å². The summed E-state index contributed by atoms with van der Waals surface area (Å²) in [4.78, 5) is 8.63. The Kier molecular flexibility index (Phi) is 4.57. The zero-order valence-electron chi connectivity index (χ0n) is 12.0. The van der Waals surface area contributed by atoms with Gasteiger partial charge in [0.2, 0.25) is 0 Å². The van der Waals surface area contributed by atoms with Crippen molar-refractivity contribution in [2.75, 3.05) is 14.2 Å². The summed E-state index contributed by atoms with van der Waals surface area (Å²) in [6, 6.07) is 5.80. The van der Waals surface area contributed by atoms with Crippen molar-refractivity contribution < 1.29 is 9.47 Å². The van der Waals surface area contributed by atoms with Gasteiger partial charge in [0.05, 0.1) is 12.8 Å². The van der Waals surface area contributed by atoms with Crippen LogP contribution in [0.5, 0.6) is 5.75 Å². The highest BCUT2D eigenvalue weighted by atomic mass is 35.5. The predicted molar refractivity (Wildman–Crippen MR) is 79.2 cm³/mol. The molecule has 1 aromatic heterocycles. The van der Waals surface area contributed by atoms with E-state index in [1.807, 2.05) is 19.9 Å². The van der Waals surface area contributed by atoms with Gasteiger partial charge in [-0.25, -0.2) is 9.97 Å². The molecule has 2 rings (SSSR count). The maximum absolute atomic E-state index is 6.07. The van der Waals surface area contributed by atoms with Gasteiger partial charge in [0.25, 0.3) is 0 Å². The van der Waals surface area contributed by atoms with Gasteiger partial charge in [0, 0.05) is 18.7 Å². The van der Waals surface area contributed by atoms with Crippen LogP contribution in [0.4, 0.5) is 0 Å². The van der Waals surface area contributed by atoms with Crippen molar-refractivity contribution in [3.63, 3.8) is 0 Å². The fourth-order valence-electron chi connectivity index (χ4n) is 2.20. The number of ether oxygens (including phenoxy) is 2. The van der Waals surface area contributed by atoms with Crippen LogP contribution in [0.1, 0.15) is 17.0 Å². The molecule has 0 saturated heterocycles. The van der Waals surface area contributed by atoms with Gasteiger partial charge in [-0.2, -0.15) is 0 Å². The summed E-state index contributed by atoms with van der Waals surface area (Å²) in [5, 5.41) is 0.393. The minimum absolute atomic E-state index is 0.320. The fraction of sp³-hybridized carbons (Fsp3) is 0.333. The van der Waals surface area contributed by atoms with Gasteiger partial charge in [-0.15, -0.1) is 0 Å². The van der Waals surface area contributed by atoms with Gasteiger partial charge in [0.1, 0.15) is 17.5 Å². The summed E-state index contributed by atoms with van der Waals surface area (Å²) < 4.78 is 10.5. The predicted octanol–water partition coefficient (Wildman–Crippen LogP) is 3.57. The van der Waals surface area contributed by atoms with Crippen LogP contribution in [-0.2, 0) is 11.3 Å². The average Bonchev–Trinajstić information content (AvgIpc) is 2.37. The minimum atomic E-state index is 0.320. The topological polar surface area (TPSA) is 44.2 Å². The Balaban J connectivity index is 2.61. The highest BCUT2D eigenvalue weighted by molar-refractivity contribution is 6.29. The first kappa shape index (κ1) is 14.8. The SMILES string of the molecule is COCc1nc(Cl)cc(-c2c(C)cc(C)cc2OC)n1. The minimum Gasteiger partial charge on any atom is -0.496 e. The zero-order valence-corrected chi connectivity index (χ0v) is 12.8. The molecule has 0 bridgehead atoms. The molecule has 1 heterocycles. The number of aromatic nitrogens is 2. The molecule has 0 radical (unpaired) electrons. The maximum atomic E-state index is 6.07. The van der Waals surface area contributed by atoms with Crippen molar-refractivity contribution in [1.29, 1.82) is 0 Å². The first-order chi connectivity index (χ1) is 9.55. The molecule has 0 aliphatic rings. The van der Waals surface area contributed by atoms with Crippen LogP contribution in [0.15, 0.2) is 18.2 Å². The Morgan fingerprint density at radius 2 is 1.85 bits per heavy atom. The number of halogens is 1. The zero-order chi connectivity index (χ0) is 14.7. The summed E-state index contributed by atoms with van der Waals surface area (Å²) in [5.74, 6) is 1.33. The molecule has 20 heavy (non-hydrogen) atoms. The van der Waals surface area contributed by atoms with Crippen LogP contribution in [0.25, 0.3) is 11.3 Å². The number of benzene rings is 1. The Hall–Kier alpha value is -1.65. The van der Waals surface area contributed by atoms with Crippen molar-refractivity contribution in [3.8, 4) is 17.0 Å². The molecule has 2 aromatic rings. The van der Waals surface area contributed by atoms with Crippen LogP contribution < -0.4 is 4.74 Å². The summed E-state index contributed by atoms with van der Waals surface area (Å²) >= 11 is 6.07. The fourth-order valence-corrected chi connectivity index (χ4v) is 2.41. The highest BCUT2D eigenvalue weighted by Crippen LogP contribution is 2.34. The third kappa shape index (κ3) is 3.08. The van der Waals surface area contributed by atoms with Gasteiger partial charge in [-0.3, -0.25) is 0 Å². The van der Waals surface area contributed by atoms with E-state index in [9.17, 15) is 0 Å². The molecule has 0 amide bonds. The van der Waals surface area contributed by atoms with Gasteiger partial charge in [-0.1, -0.05) is 17.7 Å².